The maximum Gasteiger partial charge on any atom is 0.192 e. The van der Waals surface area contributed by atoms with E-state index in [0.717, 1.165) is 6.42 Å². The summed E-state index contributed by atoms with van der Waals surface area (Å²) in [7, 11) is -1.87. The van der Waals surface area contributed by atoms with Gasteiger partial charge in [0.2, 0.25) is 0 Å². The molecule has 0 heterocycles. The molecule has 0 radical (unpaired) electrons. The minimum Gasteiger partial charge on any atom is -0.413 e. The van der Waals surface area contributed by atoms with Crippen molar-refractivity contribution in [3.63, 3.8) is 0 Å². The van der Waals surface area contributed by atoms with Crippen molar-refractivity contribution < 1.29 is 14.3 Å². The third-order valence-corrected chi connectivity index (χ3v) is 10.1. The van der Waals surface area contributed by atoms with Crippen LogP contribution in [0.2, 0.25) is 18.1 Å². The third-order valence-electron chi connectivity index (χ3n) is 5.63. The van der Waals surface area contributed by atoms with Crippen molar-refractivity contribution in [1.82, 2.24) is 0 Å². The summed E-state index contributed by atoms with van der Waals surface area (Å²) in [5.74, 6) is 0.678. The van der Waals surface area contributed by atoms with Gasteiger partial charge in [-0.3, -0.25) is 0 Å². The average Bonchev–Trinajstić information content (AvgIpc) is 2.59. The van der Waals surface area contributed by atoms with E-state index >= 15 is 0 Å². The summed E-state index contributed by atoms with van der Waals surface area (Å²) in [6.45, 7) is 17.4. The van der Waals surface area contributed by atoms with E-state index in [-0.39, 0.29) is 17.7 Å². The second kappa shape index (κ2) is 11.2. The maximum absolute atomic E-state index is 9.01. The number of ether oxygens (including phenoxy) is 1. The number of aliphatic hydroxyl groups is 1. The lowest BCUT2D eigenvalue weighted by Gasteiger charge is -2.42. The van der Waals surface area contributed by atoms with Crippen LogP contribution in [0.25, 0.3) is 0 Å². The molecule has 0 fully saturated rings. The molecule has 0 unspecified atom stereocenters. The molecule has 27 heavy (non-hydrogen) atoms. The Balaban J connectivity index is 2.77. The molecule has 3 atom stereocenters. The van der Waals surface area contributed by atoms with Gasteiger partial charge < -0.3 is 14.3 Å². The number of aliphatic hydroxyl groups excluding tert-OH is 1. The van der Waals surface area contributed by atoms with Gasteiger partial charge in [-0.1, -0.05) is 77.1 Å². The van der Waals surface area contributed by atoms with Gasteiger partial charge in [0.05, 0.1) is 25.9 Å². The Labute approximate surface area is 167 Å². The van der Waals surface area contributed by atoms with E-state index in [1.165, 1.54) is 5.56 Å². The molecule has 4 heteroatoms. The first kappa shape index (κ1) is 24.1. The monoisotopic (exact) mass is 392 g/mol. The fourth-order valence-electron chi connectivity index (χ4n) is 2.86. The molecule has 0 aliphatic rings. The summed E-state index contributed by atoms with van der Waals surface area (Å²) < 4.78 is 12.8. The zero-order valence-electron chi connectivity index (χ0n) is 18.4. The molecule has 0 aromatic heterocycles. The number of rotatable bonds is 11. The van der Waals surface area contributed by atoms with Crippen molar-refractivity contribution in [2.24, 2.45) is 11.8 Å². The van der Waals surface area contributed by atoms with Gasteiger partial charge in [-0.2, -0.15) is 0 Å². The largest absolute Gasteiger partial charge is 0.413 e. The number of hydrogen-bond acceptors (Lipinski definition) is 3. The lowest BCUT2D eigenvalue weighted by atomic mass is 9.91. The summed E-state index contributed by atoms with van der Waals surface area (Å²) in [5.41, 5.74) is 1.20. The highest BCUT2D eigenvalue weighted by Gasteiger charge is 2.41. The second-order valence-electron chi connectivity index (χ2n) is 9.19. The normalized spacial score (nSPS) is 16.4. The van der Waals surface area contributed by atoms with E-state index in [1.807, 2.05) is 24.3 Å². The van der Waals surface area contributed by atoms with Gasteiger partial charge in [-0.15, -0.1) is 0 Å². The molecule has 0 aliphatic carbocycles. The van der Waals surface area contributed by atoms with Crippen LogP contribution in [0, 0.1) is 11.8 Å². The zero-order valence-corrected chi connectivity index (χ0v) is 19.4. The fraction of sp³-hybridized carbons (Fsp3) is 0.652. The molecular weight excluding hydrogens is 352 g/mol. The standard InChI is InChI=1S/C23H40O3Si/c1-19(13-11-12-16-24)22(26-27(6,7)23(3,4)5)20(2)17-25-18-21-14-9-8-10-15-21/h8-12,14-15,19-20,22,24H,13,16-18H2,1-7H3/b12-11+/t19-,20-,22+/m0/s1. The van der Waals surface area contributed by atoms with Gasteiger partial charge in [0, 0.05) is 5.92 Å². The first-order valence-electron chi connectivity index (χ1n) is 10.1. The molecule has 0 saturated heterocycles. The van der Waals surface area contributed by atoms with Crippen molar-refractivity contribution in [2.75, 3.05) is 13.2 Å². The third kappa shape index (κ3) is 8.30. The maximum atomic E-state index is 9.01. The van der Waals surface area contributed by atoms with E-state index in [9.17, 15) is 0 Å². The number of hydrogen-bond donors (Lipinski definition) is 1. The Kier molecular flexibility index (Phi) is 9.95. The van der Waals surface area contributed by atoms with E-state index in [1.54, 1.807) is 0 Å². The Hall–Kier alpha value is -0.943. The average molecular weight is 393 g/mol. The molecule has 1 rings (SSSR count). The Bertz CT molecular complexity index is 548. The topological polar surface area (TPSA) is 38.7 Å². The van der Waals surface area contributed by atoms with Gasteiger partial charge in [0.1, 0.15) is 0 Å². The van der Waals surface area contributed by atoms with Crippen molar-refractivity contribution in [3.8, 4) is 0 Å². The zero-order chi connectivity index (χ0) is 20.5. The Morgan fingerprint density at radius 1 is 1.04 bits per heavy atom. The van der Waals surface area contributed by atoms with Crippen molar-refractivity contribution in [1.29, 1.82) is 0 Å². The molecular formula is C23H40O3Si. The summed E-state index contributed by atoms with van der Waals surface area (Å²) in [6.07, 6.45) is 4.92. The van der Waals surface area contributed by atoms with E-state index in [4.69, 9.17) is 14.3 Å². The number of benzene rings is 1. The predicted octanol–water partition coefficient (Wildman–Crippen LogP) is 5.80. The molecule has 0 amide bonds. The minimum absolute atomic E-state index is 0.0935. The fourth-order valence-corrected chi connectivity index (χ4v) is 4.36. The second-order valence-corrected chi connectivity index (χ2v) is 13.9. The Morgan fingerprint density at radius 3 is 2.22 bits per heavy atom. The van der Waals surface area contributed by atoms with Crippen LogP contribution in [0.5, 0.6) is 0 Å². The van der Waals surface area contributed by atoms with Crippen LogP contribution in [0.3, 0.4) is 0 Å². The molecule has 0 saturated carbocycles. The van der Waals surface area contributed by atoms with Gasteiger partial charge in [0.25, 0.3) is 0 Å². The van der Waals surface area contributed by atoms with Crippen LogP contribution < -0.4 is 0 Å². The molecule has 3 nitrogen and oxygen atoms in total. The smallest absolute Gasteiger partial charge is 0.192 e. The molecule has 154 valence electrons. The van der Waals surface area contributed by atoms with Crippen molar-refractivity contribution >= 4 is 8.32 Å². The highest BCUT2D eigenvalue weighted by atomic mass is 28.4. The van der Waals surface area contributed by atoms with Gasteiger partial charge >= 0.3 is 0 Å². The molecule has 1 aromatic carbocycles. The first-order valence-corrected chi connectivity index (χ1v) is 13.0. The lowest BCUT2D eigenvalue weighted by Crippen LogP contribution is -2.48. The van der Waals surface area contributed by atoms with Crippen LogP contribution >= 0.6 is 0 Å². The first-order chi connectivity index (χ1) is 12.6. The highest BCUT2D eigenvalue weighted by Crippen LogP contribution is 2.39. The molecule has 1 N–H and O–H groups in total. The van der Waals surface area contributed by atoms with E-state index in [2.05, 4.69) is 65.9 Å². The summed E-state index contributed by atoms with van der Waals surface area (Å²) >= 11 is 0. The highest BCUT2D eigenvalue weighted by molar-refractivity contribution is 6.74. The molecule has 0 aliphatic heterocycles. The van der Waals surface area contributed by atoms with Crippen LogP contribution in [0.15, 0.2) is 42.5 Å². The van der Waals surface area contributed by atoms with Crippen LogP contribution in [-0.2, 0) is 15.8 Å². The molecule has 0 bridgehead atoms. The lowest BCUT2D eigenvalue weighted by molar-refractivity contribution is 0.0112. The minimum atomic E-state index is -1.87. The predicted molar refractivity (Wildman–Crippen MR) is 117 cm³/mol. The van der Waals surface area contributed by atoms with Gasteiger partial charge in [0.15, 0.2) is 8.32 Å². The van der Waals surface area contributed by atoms with E-state index < -0.39 is 8.32 Å². The van der Waals surface area contributed by atoms with Crippen molar-refractivity contribution in [2.45, 2.75) is 71.9 Å². The van der Waals surface area contributed by atoms with Crippen LogP contribution in [0.1, 0.15) is 46.6 Å². The van der Waals surface area contributed by atoms with Crippen LogP contribution in [-0.4, -0.2) is 32.7 Å². The summed E-state index contributed by atoms with van der Waals surface area (Å²) in [4.78, 5) is 0. The van der Waals surface area contributed by atoms with Gasteiger partial charge in [-0.05, 0) is 36.0 Å². The Morgan fingerprint density at radius 2 is 1.67 bits per heavy atom. The molecule has 1 aromatic rings. The van der Waals surface area contributed by atoms with Gasteiger partial charge in [-0.25, -0.2) is 0 Å². The summed E-state index contributed by atoms with van der Waals surface area (Å²) in [6, 6.07) is 10.3. The quantitative estimate of drug-likeness (QED) is 0.382. The van der Waals surface area contributed by atoms with Crippen molar-refractivity contribution in [3.05, 3.63) is 48.0 Å². The number of allylic oxidation sites excluding steroid dienone is 1. The van der Waals surface area contributed by atoms with Crippen LogP contribution in [0.4, 0.5) is 0 Å². The molecule has 0 spiro atoms. The SMILES string of the molecule is C[C@@H](C/C=C/CO)[C@@H](O[Si](C)(C)C(C)(C)C)[C@@H](C)COCc1ccccc1. The van der Waals surface area contributed by atoms with E-state index in [0.29, 0.717) is 25.0 Å². The summed E-state index contributed by atoms with van der Waals surface area (Å²) in [5, 5.41) is 9.19.